The predicted molar refractivity (Wildman–Crippen MR) is 85.4 cm³/mol. The first kappa shape index (κ1) is 14.5. The Morgan fingerprint density at radius 3 is 2.90 bits per heavy atom. The summed E-state index contributed by atoms with van der Waals surface area (Å²) in [7, 11) is 0. The van der Waals surface area contributed by atoms with Gasteiger partial charge in [0.2, 0.25) is 5.95 Å². The lowest BCUT2D eigenvalue weighted by Crippen LogP contribution is -2.12. The number of nitrogens with one attached hydrogen (secondary N) is 2. The van der Waals surface area contributed by atoms with Gasteiger partial charge >= 0.3 is 0 Å². The zero-order valence-electron chi connectivity index (χ0n) is 11.5. The molecule has 0 aliphatic carbocycles. The number of nitrogens with two attached hydrogens (primary N) is 1. The van der Waals surface area contributed by atoms with Gasteiger partial charge in [-0.1, -0.05) is 19.9 Å². The lowest BCUT2D eigenvalue weighted by atomic mass is 10.3. The van der Waals surface area contributed by atoms with Gasteiger partial charge in [-0.05, 0) is 23.4 Å². The number of aromatic nitrogens is 2. The lowest BCUT2D eigenvalue weighted by Gasteiger charge is -2.08. The van der Waals surface area contributed by atoms with Crippen LogP contribution in [-0.4, -0.2) is 15.2 Å². The van der Waals surface area contributed by atoms with Crippen LogP contribution in [0.15, 0.2) is 35.1 Å². The van der Waals surface area contributed by atoms with Crippen molar-refractivity contribution < 1.29 is 0 Å². The third-order valence-corrected chi connectivity index (χ3v) is 3.64. The summed E-state index contributed by atoms with van der Waals surface area (Å²) in [6, 6.07) is 8.83. The van der Waals surface area contributed by atoms with Gasteiger partial charge in [0.1, 0.15) is 0 Å². The Bertz CT molecular complexity index is 639. The first-order chi connectivity index (χ1) is 9.52. The molecule has 0 spiro atoms. The van der Waals surface area contributed by atoms with Crippen molar-refractivity contribution in [2.75, 3.05) is 11.1 Å². The number of anilines is 3. The van der Waals surface area contributed by atoms with Gasteiger partial charge in [-0.25, -0.2) is 4.98 Å². The highest BCUT2D eigenvalue weighted by atomic mass is 32.2. The fourth-order valence-electron chi connectivity index (χ4n) is 1.65. The number of hydrogen-bond donors (Lipinski definition) is 3. The quantitative estimate of drug-likeness (QED) is 0.737. The molecule has 0 bridgehead atoms. The molecular weight excluding hydrogens is 272 g/mol. The molecule has 106 valence electrons. The first-order valence-corrected chi connectivity index (χ1v) is 7.42. The van der Waals surface area contributed by atoms with Crippen LogP contribution in [0.1, 0.15) is 19.5 Å². The Balaban J connectivity index is 2.17. The van der Waals surface area contributed by atoms with Crippen LogP contribution in [0, 0.1) is 0 Å². The van der Waals surface area contributed by atoms with E-state index >= 15 is 0 Å². The number of rotatable bonds is 5. The van der Waals surface area contributed by atoms with E-state index < -0.39 is 0 Å². The molecule has 5 nitrogen and oxygen atoms in total. The highest BCUT2D eigenvalue weighted by Crippen LogP contribution is 2.18. The van der Waals surface area contributed by atoms with Crippen LogP contribution < -0.4 is 16.6 Å². The average molecular weight is 290 g/mol. The van der Waals surface area contributed by atoms with Crippen molar-refractivity contribution >= 4 is 29.1 Å². The molecule has 1 aromatic heterocycles. The molecule has 1 aromatic carbocycles. The van der Waals surface area contributed by atoms with E-state index in [0.29, 0.717) is 22.6 Å². The molecular formula is C14H18N4OS. The number of H-pyrrole nitrogens is 1. The molecule has 0 aliphatic rings. The van der Waals surface area contributed by atoms with Crippen molar-refractivity contribution in [2.24, 2.45) is 0 Å². The van der Waals surface area contributed by atoms with Gasteiger partial charge in [0, 0.05) is 23.2 Å². The molecule has 6 heteroatoms. The number of benzene rings is 1. The topological polar surface area (TPSA) is 83.8 Å². The normalized spacial score (nSPS) is 10.8. The molecule has 0 amide bonds. The standard InChI is InChI=1S/C14H18N4OS/c1-9(2)20-8-12-7-13(19)18-14(17-12)16-11-5-3-4-10(15)6-11/h3-7,9H,8,15H2,1-2H3,(H2,16,17,18,19). The zero-order chi connectivity index (χ0) is 14.5. The smallest absolute Gasteiger partial charge is 0.252 e. The Morgan fingerprint density at radius 2 is 2.20 bits per heavy atom. The molecule has 1 heterocycles. The monoisotopic (exact) mass is 290 g/mol. The van der Waals surface area contributed by atoms with Crippen molar-refractivity contribution in [3.05, 3.63) is 46.4 Å². The molecule has 2 rings (SSSR count). The summed E-state index contributed by atoms with van der Waals surface area (Å²) in [4.78, 5) is 18.7. The number of aromatic amines is 1. The lowest BCUT2D eigenvalue weighted by molar-refractivity contribution is 1.05. The maximum atomic E-state index is 11.6. The predicted octanol–water partition coefficient (Wildman–Crippen LogP) is 2.74. The maximum Gasteiger partial charge on any atom is 0.252 e. The first-order valence-electron chi connectivity index (χ1n) is 6.37. The highest BCUT2D eigenvalue weighted by molar-refractivity contribution is 7.99. The molecule has 4 N–H and O–H groups in total. The van der Waals surface area contributed by atoms with Crippen molar-refractivity contribution in [1.29, 1.82) is 0 Å². The van der Waals surface area contributed by atoms with Crippen molar-refractivity contribution in [3.8, 4) is 0 Å². The van der Waals surface area contributed by atoms with Gasteiger partial charge in [-0.15, -0.1) is 0 Å². The van der Waals surface area contributed by atoms with Crippen LogP contribution in [0.3, 0.4) is 0 Å². The van der Waals surface area contributed by atoms with Crippen LogP contribution in [-0.2, 0) is 5.75 Å². The summed E-state index contributed by atoms with van der Waals surface area (Å²) >= 11 is 1.75. The van der Waals surface area contributed by atoms with Gasteiger partial charge in [-0.3, -0.25) is 9.78 Å². The van der Waals surface area contributed by atoms with Crippen molar-refractivity contribution in [2.45, 2.75) is 24.9 Å². The number of nitrogens with zero attached hydrogens (tertiary/aromatic N) is 1. The molecule has 0 unspecified atom stereocenters. The molecule has 0 saturated carbocycles. The Morgan fingerprint density at radius 1 is 1.40 bits per heavy atom. The second-order valence-corrected chi connectivity index (χ2v) is 6.26. The SMILES string of the molecule is CC(C)SCc1cc(=O)[nH]c(Nc2cccc(N)c2)n1. The highest BCUT2D eigenvalue weighted by Gasteiger charge is 2.04. The Kier molecular flexibility index (Phi) is 4.68. The number of thioether (sulfide) groups is 1. The third kappa shape index (κ3) is 4.31. The van der Waals surface area contributed by atoms with E-state index in [-0.39, 0.29) is 5.56 Å². The molecule has 0 aliphatic heterocycles. The van der Waals surface area contributed by atoms with Gasteiger partial charge in [0.05, 0.1) is 5.69 Å². The minimum atomic E-state index is -0.161. The molecule has 20 heavy (non-hydrogen) atoms. The average Bonchev–Trinajstić information content (AvgIpc) is 2.35. The second kappa shape index (κ2) is 6.47. The van der Waals surface area contributed by atoms with E-state index in [1.807, 2.05) is 12.1 Å². The van der Waals surface area contributed by atoms with E-state index in [9.17, 15) is 4.79 Å². The summed E-state index contributed by atoms with van der Waals surface area (Å²) in [6.07, 6.45) is 0. The van der Waals surface area contributed by atoms with E-state index in [4.69, 9.17) is 5.73 Å². The van der Waals surface area contributed by atoms with Crippen LogP contribution in [0.5, 0.6) is 0 Å². The maximum absolute atomic E-state index is 11.6. The molecule has 0 radical (unpaired) electrons. The van der Waals surface area contributed by atoms with Gasteiger partial charge in [-0.2, -0.15) is 11.8 Å². The van der Waals surface area contributed by atoms with Gasteiger partial charge < -0.3 is 11.1 Å². The minimum Gasteiger partial charge on any atom is -0.399 e. The van der Waals surface area contributed by atoms with Crippen molar-refractivity contribution in [1.82, 2.24) is 9.97 Å². The largest absolute Gasteiger partial charge is 0.399 e. The summed E-state index contributed by atoms with van der Waals surface area (Å²) < 4.78 is 0. The Labute approximate surface area is 122 Å². The van der Waals surface area contributed by atoms with E-state index in [0.717, 1.165) is 11.4 Å². The summed E-state index contributed by atoms with van der Waals surface area (Å²) in [5, 5.41) is 3.56. The number of nitrogen functional groups attached to an aromatic ring is 1. The van der Waals surface area contributed by atoms with Crippen molar-refractivity contribution in [3.63, 3.8) is 0 Å². The molecule has 0 atom stereocenters. The van der Waals surface area contributed by atoms with Crippen LogP contribution in [0.2, 0.25) is 0 Å². The van der Waals surface area contributed by atoms with Gasteiger partial charge in [0.25, 0.3) is 5.56 Å². The van der Waals surface area contributed by atoms with E-state index in [2.05, 4.69) is 29.1 Å². The fourth-order valence-corrected chi connectivity index (χ4v) is 2.30. The fraction of sp³-hybridized carbons (Fsp3) is 0.286. The zero-order valence-corrected chi connectivity index (χ0v) is 12.3. The molecule has 0 saturated heterocycles. The van der Waals surface area contributed by atoms with Crippen LogP contribution in [0.4, 0.5) is 17.3 Å². The van der Waals surface area contributed by atoms with Crippen LogP contribution >= 0.6 is 11.8 Å². The molecule has 2 aromatic rings. The Hall–Kier alpha value is -1.95. The summed E-state index contributed by atoms with van der Waals surface area (Å²) in [6.45, 7) is 4.23. The molecule has 0 fully saturated rings. The second-order valence-electron chi connectivity index (χ2n) is 4.70. The summed E-state index contributed by atoms with van der Waals surface area (Å²) in [5.74, 6) is 1.15. The van der Waals surface area contributed by atoms with E-state index in [1.165, 1.54) is 6.07 Å². The third-order valence-electron chi connectivity index (χ3n) is 2.51. The number of hydrogen-bond acceptors (Lipinski definition) is 5. The minimum absolute atomic E-state index is 0.161. The van der Waals surface area contributed by atoms with Gasteiger partial charge in [0.15, 0.2) is 0 Å². The van der Waals surface area contributed by atoms with Crippen LogP contribution in [0.25, 0.3) is 0 Å². The summed E-state index contributed by atoms with van der Waals surface area (Å²) in [5.41, 5.74) is 7.77. The van der Waals surface area contributed by atoms with E-state index in [1.54, 1.807) is 23.9 Å².